The highest BCUT2D eigenvalue weighted by Gasteiger charge is 2.19. The van der Waals surface area contributed by atoms with Crippen LogP contribution >= 0.6 is 11.6 Å². The molecule has 0 aliphatic carbocycles. The molecular formula is C22H18ClNO2. The Labute approximate surface area is 157 Å². The fourth-order valence-electron chi connectivity index (χ4n) is 2.79. The maximum Gasteiger partial charge on any atom is 0.131 e. The molecule has 0 spiro atoms. The lowest BCUT2D eigenvalue weighted by molar-refractivity contribution is 0.0511. The maximum absolute atomic E-state index is 5.94. The van der Waals surface area contributed by atoms with Crippen molar-refractivity contribution in [1.29, 1.82) is 0 Å². The Morgan fingerprint density at radius 3 is 2.35 bits per heavy atom. The van der Waals surface area contributed by atoms with Gasteiger partial charge in [-0.1, -0.05) is 54.1 Å². The highest BCUT2D eigenvalue weighted by Crippen LogP contribution is 2.29. The van der Waals surface area contributed by atoms with Crippen molar-refractivity contribution in [3.05, 3.63) is 107 Å². The van der Waals surface area contributed by atoms with E-state index >= 15 is 0 Å². The average molecular weight is 364 g/mol. The number of ether oxygens (including phenoxy) is 1. The van der Waals surface area contributed by atoms with Crippen LogP contribution < -0.4 is 10.2 Å². The van der Waals surface area contributed by atoms with Crippen molar-refractivity contribution in [2.75, 3.05) is 0 Å². The minimum absolute atomic E-state index is 0.128. The summed E-state index contributed by atoms with van der Waals surface area (Å²) >= 11 is 5.94. The number of benzene rings is 3. The number of halogens is 1. The molecule has 0 aromatic heterocycles. The van der Waals surface area contributed by atoms with Crippen molar-refractivity contribution in [1.82, 2.24) is 5.48 Å². The zero-order valence-corrected chi connectivity index (χ0v) is 14.8. The van der Waals surface area contributed by atoms with E-state index in [0.717, 1.165) is 33.2 Å². The van der Waals surface area contributed by atoms with Crippen LogP contribution in [-0.4, -0.2) is 0 Å². The van der Waals surface area contributed by atoms with E-state index in [0.29, 0.717) is 6.61 Å². The van der Waals surface area contributed by atoms with Crippen molar-refractivity contribution < 1.29 is 9.57 Å². The Morgan fingerprint density at radius 1 is 0.885 bits per heavy atom. The number of hydrogen-bond acceptors (Lipinski definition) is 3. The molecule has 0 amide bonds. The molecule has 0 radical (unpaired) electrons. The Morgan fingerprint density at radius 2 is 1.62 bits per heavy atom. The third-order valence-corrected chi connectivity index (χ3v) is 4.48. The largest absolute Gasteiger partial charge is 0.489 e. The summed E-state index contributed by atoms with van der Waals surface area (Å²) in [7, 11) is 0. The zero-order chi connectivity index (χ0) is 17.8. The molecule has 0 bridgehead atoms. The Bertz CT molecular complexity index is 890. The zero-order valence-electron chi connectivity index (χ0n) is 14.1. The predicted molar refractivity (Wildman–Crippen MR) is 104 cm³/mol. The molecule has 0 saturated carbocycles. The van der Waals surface area contributed by atoms with Gasteiger partial charge in [0.1, 0.15) is 18.5 Å². The van der Waals surface area contributed by atoms with Crippen LogP contribution in [0.25, 0.3) is 5.70 Å². The van der Waals surface area contributed by atoms with Gasteiger partial charge in [-0.3, -0.25) is 10.3 Å². The summed E-state index contributed by atoms with van der Waals surface area (Å²) in [5.41, 5.74) is 7.20. The van der Waals surface area contributed by atoms with Gasteiger partial charge in [-0.05, 0) is 59.2 Å². The van der Waals surface area contributed by atoms with Gasteiger partial charge in [0.2, 0.25) is 0 Å². The normalized spacial score (nSPS) is 16.0. The summed E-state index contributed by atoms with van der Waals surface area (Å²) in [4.78, 5) is 5.66. The lowest BCUT2D eigenvalue weighted by atomic mass is 10.1. The van der Waals surface area contributed by atoms with Gasteiger partial charge < -0.3 is 4.74 Å². The molecule has 0 saturated heterocycles. The van der Waals surface area contributed by atoms with Gasteiger partial charge in [0.05, 0.1) is 5.70 Å². The highest BCUT2D eigenvalue weighted by molar-refractivity contribution is 6.30. The smallest absolute Gasteiger partial charge is 0.131 e. The Balaban J connectivity index is 1.42. The summed E-state index contributed by atoms with van der Waals surface area (Å²) < 4.78 is 5.83. The second-order valence-electron chi connectivity index (χ2n) is 6.07. The van der Waals surface area contributed by atoms with E-state index in [1.807, 2.05) is 66.7 Å². The molecule has 1 N–H and O–H groups in total. The number of nitrogens with one attached hydrogen (secondary N) is 1. The minimum atomic E-state index is -0.128. The standard InChI is InChI=1S/C22H18ClNO2/c23-19-10-6-18(7-11-19)22-14-21(24-26-22)17-8-12-20(13-9-17)25-15-16-4-2-1-3-5-16/h1-14,22,24H,15H2/t22-/m0/s1. The summed E-state index contributed by atoms with van der Waals surface area (Å²) in [6.45, 7) is 0.558. The van der Waals surface area contributed by atoms with Crippen molar-refractivity contribution >= 4 is 17.3 Å². The average Bonchev–Trinajstić information content (AvgIpc) is 3.18. The lowest BCUT2D eigenvalue weighted by Crippen LogP contribution is -2.07. The van der Waals surface area contributed by atoms with Crippen LogP contribution in [0.15, 0.2) is 84.9 Å². The van der Waals surface area contributed by atoms with Crippen molar-refractivity contribution in [3.63, 3.8) is 0 Å². The second kappa shape index (κ2) is 7.65. The van der Waals surface area contributed by atoms with Crippen LogP contribution in [-0.2, 0) is 11.4 Å². The molecule has 3 aromatic carbocycles. The molecule has 1 aliphatic heterocycles. The monoisotopic (exact) mass is 363 g/mol. The van der Waals surface area contributed by atoms with E-state index in [1.165, 1.54) is 0 Å². The maximum atomic E-state index is 5.94. The molecule has 1 heterocycles. The molecule has 4 heteroatoms. The predicted octanol–water partition coefficient (Wildman–Crippen LogP) is 5.54. The quantitative estimate of drug-likeness (QED) is 0.646. The number of rotatable bonds is 5. The van der Waals surface area contributed by atoms with Gasteiger partial charge in [0.15, 0.2) is 0 Å². The van der Waals surface area contributed by atoms with Gasteiger partial charge in [-0.2, -0.15) is 0 Å². The fraction of sp³-hybridized carbons (Fsp3) is 0.0909. The Hall–Kier alpha value is -2.75. The molecule has 1 aliphatic rings. The molecular weight excluding hydrogens is 346 g/mol. The molecule has 130 valence electrons. The van der Waals surface area contributed by atoms with E-state index in [4.69, 9.17) is 21.2 Å². The van der Waals surface area contributed by atoms with E-state index in [9.17, 15) is 0 Å². The highest BCUT2D eigenvalue weighted by atomic mass is 35.5. The van der Waals surface area contributed by atoms with E-state index < -0.39 is 0 Å². The first-order chi connectivity index (χ1) is 12.8. The van der Waals surface area contributed by atoms with E-state index in [-0.39, 0.29) is 6.10 Å². The van der Waals surface area contributed by atoms with Crippen LogP contribution in [0.2, 0.25) is 5.02 Å². The fourth-order valence-corrected chi connectivity index (χ4v) is 2.92. The SMILES string of the molecule is Clc1ccc([C@@H]2C=C(c3ccc(OCc4ccccc4)cc3)NO2)cc1. The second-order valence-corrected chi connectivity index (χ2v) is 6.51. The van der Waals surface area contributed by atoms with Crippen LogP contribution in [0.4, 0.5) is 0 Å². The molecule has 3 aromatic rings. The lowest BCUT2D eigenvalue weighted by Gasteiger charge is -2.08. The molecule has 1 atom stereocenters. The summed E-state index contributed by atoms with van der Waals surface area (Å²) in [5.74, 6) is 0.839. The minimum Gasteiger partial charge on any atom is -0.489 e. The van der Waals surface area contributed by atoms with Gasteiger partial charge in [-0.15, -0.1) is 0 Å². The van der Waals surface area contributed by atoms with E-state index in [1.54, 1.807) is 0 Å². The van der Waals surface area contributed by atoms with Gasteiger partial charge in [0, 0.05) is 5.02 Å². The topological polar surface area (TPSA) is 30.5 Å². The summed E-state index contributed by atoms with van der Waals surface area (Å²) in [6, 6.07) is 25.8. The van der Waals surface area contributed by atoms with Crippen molar-refractivity contribution in [2.45, 2.75) is 12.7 Å². The van der Waals surface area contributed by atoms with Crippen molar-refractivity contribution in [3.8, 4) is 5.75 Å². The van der Waals surface area contributed by atoms with Gasteiger partial charge in [0.25, 0.3) is 0 Å². The van der Waals surface area contributed by atoms with Crippen LogP contribution in [0.3, 0.4) is 0 Å². The van der Waals surface area contributed by atoms with Crippen LogP contribution in [0.1, 0.15) is 22.8 Å². The first-order valence-electron chi connectivity index (χ1n) is 8.44. The Kier molecular flexibility index (Phi) is 4.91. The van der Waals surface area contributed by atoms with E-state index in [2.05, 4.69) is 23.7 Å². The molecule has 3 nitrogen and oxygen atoms in total. The van der Waals surface area contributed by atoms with Gasteiger partial charge in [-0.25, -0.2) is 0 Å². The van der Waals surface area contributed by atoms with Crippen molar-refractivity contribution in [2.24, 2.45) is 0 Å². The molecule has 0 unspecified atom stereocenters. The first-order valence-corrected chi connectivity index (χ1v) is 8.82. The molecule has 26 heavy (non-hydrogen) atoms. The number of hydrogen-bond donors (Lipinski definition) is 1. The first kappa shape index (κ1) is 16.7. The van der Waals surface area contributed by atoms with Crippen LogP contribution in [0.5, 0.6) is 5.75 Å². The number of hydroxylamine groups is 1. The third-order valence-electron chi connectivity index (χ3n) is 4.23. The van der Waals surface area contributed by atoms with Crippen LogP contribution in [0, 0.1) is 0 Å². The molecule has 4 rings (SSSR count). The van der Waals surface area contributed by atoms with Gasteiger partial charge >= 0.3 is 0 Å². The molecule has 0 fully saturated rings. The summed E-state index contributed by atoms with van der Waals surface area (Å²) in [6.07, 6.45) is 1.93. The summed E-state index contributed by atoms with van der Waals surface area (Å²) in [5, 5.41) is 0.718. The third kappa shape index (κ3) is 3.90.